The maximum absolute atomic E-state index is 12.1. The molecule has 0 radical (unpaired) electrons. The number of carbonyl (C=O) groups is 1. The van der Waals surface area contributed by atoms with E-state index in [0.717, 1.165) is 23.6 Å². The summed E-state index contributed by atoms with van der Waals surface area (Å²) >= 11 is 1.49. The number of anilines is 1. The van der Waals surface area contributed by atoms with Gasteiger partial charge in [0.1, 0.15) is 0 Å². The van der Waals surface area contributed by atoms with Crippen LogP contribution in [0.25, 0.3) is 11.3 Å². The van der Waals surface area contributed by atoms with Crippen molar-refractivity contribution in [1.29, 1.82) is 0 Å². The minimum atomic E-state index is 0.0881. The van der Waals surface area contributed by atoms with Crippen LogP contribution in [0.3, 0.4) is 0 Å². The zero-order valence-corrected chi connectivity index (χ0v) is 14.5. The van der Waals surface area contributed by atoms with Gasteiger partial charge in [-0.2, -0.15) is 0 Å². The molecule has 1 aromatic heterocycles. The van der Waals surface area contributed by atoms with Crippen LogP contribution in [0.1, 0.15) is 49.7 Å². The molecule has 0 atom stereocenters. The molecular weight excluding hydrogens is 320 g/mol. The van der Waals surface area contributed by atoms with Crippen LogP contribution in [0.2, 0.25) is 0 Å². The molecule has 1 aromatic carbocycles. The largest absolute Gasteiger partial charge is 0.372 e. The first-order valence-corrected chi connectivity index (χ1v) is 9.61. The summed E-state index contributed by atoms with van der Waals surface area (Å²) in [6, 6.07) is 6.33. The van der Waals surface area contributed by atoms with Crippen LogP contribution >= 0.6 is 11.3 Å². The standard InChI is InChI=1S/C19H22N2O2S/c22-18(8-5-13-3-1-2-4-13)21-19-20-17(12-24-19)14-6-7-15-10-23-11-16(15)9-14/h6-7,9,12-13H,1-5,8,10-11H2,(H,20,21,22). The normalized spacial score (nSPS) is 17.2. The molecule has 1 N–H and O–H groups in total. The smallest absolute Gasteiger partial charge is 0.226 e. The van der Waals surface area contributed by atoms with Gasteiger partial charge >= 0.3 is 0 Å². The minimum absolute atomic E-state index is 0.0881. The van der Waals surface area contributed by atoms with Gasteiger partial charge in [0, 0.05) is 17.4 Å². The summed E-state index contributed by atoms with van der Waals surface area (Å²) in [6.45, 7) is 1.38. The molecule has 1 amide bonds. The maximum Gasteiger partial charge on any atom is 0.226 e. The van der Waals surface area contributed by atoms with Gasteiger partial charge in [0.2, 0.25) is 5.91 Å². The summed E-state index contributed by atoms with van der Waals surface area (Å²) in [6.07, 6.45) is 6.85. The Morgan fingerprint density at radius 1 is 1.25 bits per heavy atom. The highest BCUT2D eigenvalue weighted by molar-refractivity contribution is 7.14. The second-order valence-corrected chi connectivity index (χ2v) is 7.61. The Morgan fingerprint density at radius 2 is 2.08 bits per heavy atom. The Bertz CT molecular complexity index is 735. The van der Waals surface area contributed by atoms with Gasteiger partial charge in [0.15, 0.2) is 5.13 Å². The van der Waals surface area contributed by atoms with E-state index in [2.05, 4.69) is 28.5 Å². The lowest BCUT2D eigenvalue weighted by atomic mass is 10.0. The van der Waals surface area contributed by atoms with Crippen molar-refractivity contribution in [3.63, 3.8) is 0 Å². The lowest BCUT2D eigenvalue weighted by Crippen LogP contribution is -2.12. The lowest BCUT2D eigenvalue weighted by Gasteiger charge is -2.07. The number of fused-ring (bicyclic) bond motifs is 1. The van der Waals surface area contributed by atoms with Crippen molar-refractivity contribution in [3.8, 4) is 11.3 Å². The van der Waals surface area contributed by atoms with Gasteiger partial charge in [0.05, 0.1) is 18.9 Å². The number of nitrogens with zero attached hydrogens (tertiary/aromatic N) is 1. The van der Waals surface area contributed by atoms with Crippen LogP contribution in [0.15, 0.2) is 23.6 Å². The molecule has 2 aromatic rings. The second kappa shape index (κ2) is 7.03. The number of hydrogen-bond donors (Lipinski definition) is 1. The van der Waals surface area contributed by atoms with Gasteiger partial charge in [-0.15, -0.1) is 11.3 Å². The molecular formula is C19H22N2O2S. The Balaban J connectivity index is 1.36. The molecule has 0 saturated heterocycles. The van der Waals surface area contributed by atoms with Crippen molar-refractivity contribution in [2.24, 2.45) is 5.92 Å². The summed E-state index contributed by atoms with van der Waals surface area (Å²) in [5.41, 5.74) is 4.50. The van der Waals surface area contributed by atoms with E-state index in [4.69, 9.17) is 4.74 Å². The van der Waals surface area contributed by atoms with Crippen LogP contribution in [0.4, 0.5) is 5.13 Å². The summed E-state index contributed by atoms with van der Waals surface area (Å²) in [7, 11) is 0. The van der Waals surface area contributed by atoms with Crippen molar-refractivity contribution in [1.82, 2.24) is 4.98 Å². The van der Waals surface area contributed by atoms with Crippen LogP contribution in [0.5, 0.6) is 0 Å². The molecule has 1 aliphatic carbocycles. The summed E-state index contributed by atoms with van der Waals surface area (Å²) in [5, 5.41) is 5.65. The summed E-state index contributed by atoms with van der Waals surface area (Å²) in [5.74, 6) is 0.835. The number of nitrogens with one attached hydrogen (secondary N) is 1. The number of thiazole rings is 1. The van der Waals surface area contributed by atoms with Gasteiger partial charge < -0.3 is 10.1 Å². The van der Waals surface area contributed by atoms with Crippen molar-refractivity contribution in [3.05, 3.63) is 34.7 Å². The number of ether oxygens (including phenoxy) is 1. The molecule has 2 heterocycles. The van der Waals surface area contributed by atoms with E-state index in [9.17, 15) is 4.79 Å². The highest BCUT2D eigenvalue weighted by Crippen LogP contribution is 2.30. The van der Waals surface area contributed by atoms with Crippen LogP contribution in [0, 0.1) is 5.92 Å². The molecule has 4 nitrogen and oxygen atoms in total. The summed E-state index contributed by atoms with van der Waals surface area (Å²) in [4.78, 5) is 16.7. The average molecular weight is 342 g/mol. The molecule has 126 valence electrons. The number of amides is 1. The second-order valence-electron chi connectivity index (χ2n) is 6.75. The van der Waals surface area contributed by atoms with Crippen LogP contribution < -0.4 is 5.32 Å². The van der Waals surface area contributed by atoms with Crippen molar-refractivity contribution in [2.45, 2.75) is 51.7 Å². The lowest BCUT2D eigenvalue weighted by molar-refractivity contribution is -0.116. The fourth-order valence-corrected chi connectivity index (χ4v) is 4.35. The minimum Gasteiger partial charge on any atom is -0.372 e. The fourth-order valence-electron chi connectivity index (χ4n) is 3.61. The third kappa shape index (κ3) is 3.52. The van der Waals surface area contributed by atoms with Gasteiger partial charge in [-0.05, 0) is 29.5 Å². The monoisotopic (exact) mass is 342 g/mol. The number of aromatic nitrogens is 1. The average Bonchev–Trinajstić information content (AvgIpc) is 3.33. The van der Waals surface area contributed by atoms with Crippen molar-refractivity contribution >= 4 is 22.4 Å². The fraction of sp³-hybridized carbons (Fsp3) is 0.474. The number of carbonyl (C=O) groups excluding carboxylic acids is 1. The molecule has 1 aliphatic heterocycles. The van der Waals surface area contributed by atoms with E-state index in [1.165, 1.54) is 48.1 Å². The molecule has 5 heteroatoms. The first-order chi connectivity index (χ1) is 11.8. The molecule has 24 heavy (non-hydrogen) atoms. The molecule has 0 unspecified atom stereocenters. The summed E-state index contributed by atoms with van der Waals surface area (Å²) < 4.78 is 5.46. The van der Waals surface area contributed by atoms with E-state index < -0.39 is 0 Å². The van der Waals surface area contributed by atoms with Gasteiger partial charge in [-0.25, -0.2) is 4.98 Å². The number of hydrogen-bond acceptors (Lipinski definition) is 4. The Morgan fingerprint density at radius 3 is 2.96 bits per heavy atom. The Kier molecular flexibility index (Phi) is 4.63. The van der Waals surface area contributed by atoms with Crippen molar-refractivity contribution < 1.29 is 9.53 Å². The zero-order chi connectivity index (χ0) is 16.4. The van der Waals surface area contributed by atoms with E-state index in [1.807, 2.05) is 5.38 Å². The molecule has 1 saturated carbocycles. The van der Waals surface area contributed by atoms with E-state index in [0.29, 0.717) is 24.8 Å². The van der Waals surface area contributed by atoms with Crippen molar-refractivity contribution in [2.75, 3.05) is 5.32 Å². The number of rotatable bonds is 5. The molecule has 0 spiro atoms. The first-order valence-electron chi connectivity index (χ1n) is 8.73. The Labute approximate surface area is 146 Å². The Hall–Kier alpha value is -1.72. The van der Waals surface area contributed by atoms with E-state index in [1.54, 1.807) is 0 Å². The predicted molar refractivity (Wildman–Crippen MR) is 95.9 cm³/mol. The molecule has 0 bridgehead atoms. The van der Waals surface area contributed by atoms with Gasteiger partial charge in [-0.1, -0.05) is 37.8 Å². The SMILES string of the molecule is O=C(CCC1CCCC1)Nc1nc(-c2ccc3c(c2)COC3)cs1. The number of benzene rings is 1. The van der Waals surface area contributed by atoms with Gasteiger partial charge in [0.25, 0.3) is 0 Å². The molecule has 4 rings (SSSR count). The highest BCUT2D eigenvalue weighted by atomic mass is 32.1. The molecule has 1 fully saturated rings. The van der Waals surface area contributed by atoms with Crippen LogP contribution in [-0.4, -0.2) is 10.9 Å². The van der Waals surface area contributed by atoms with Crippen LogP contribution in [-0.2, 0) is 22.7 Å². The first kappa shape index (κ1) is 15.8. The third-order valence-electron chi connectivity index (χ3n) is 5.02. The third-order valence-corrected chi connectivity index (χ3v) is 5.78. The topological polar surface area (TPSA) is 51.2 Å². The maximum atomic E-state index is 12.1. The quantitative estimate of drug-likeness (QED) is 0.853. The van der Waals surface area contributed by atoms with E-state index in [-0.39, 0.29) is 5.91 Å². The molecule has 2 aliphatic rings. The predicted octanol–water partition coefficient (Wildman–Crippen LogP) is 4.75. The highest BCUT2D eigenvalue weighted by Gasteiger charge is 2.17. The zero-order valence-electron chi connectivity index (χ0n) is 13.7. The van der Waals surface area contributed by atoms with Gasteiger partial charge in [-0.3, -0.25) is 4.79 Å². The van der Waals surface area contributed by atoms with E-state index >= 15 is 0 Å².